The van der Waals surface area contributed by atoms with Crippen molar-refractivity contribution in [1.29, 1.82) is 0 Å². The Bertz CT molecular complexity index is 510. The number of amides is 2. The lowest BCUT2D eigenvalue weighted by Crippen LogP contribution is -2.52. The van der Waals surface area contributed by atoms with Gasteiger partial charge in [0, 0.05) is 38.4 Å². The molecular weight excluding hydrogens is 280 g/mol. The van der Waals surface area contributed by atoms with Gasteiger partial charge in [0.15, 0.2) is 0 Å². The van der Waals surface area contributed by atoms with Gasteiger partial charge in [-0.1, -0.05) is 13.0 Å². The number of nitrogens with one attached hydrogen (secondary N) is 1. The van der Waals surface area contributed by atoms with Crippen molar-refractivity contribution in [3.8, 4) is 0 Å². The van der Waals surface area contributed by atoms with Gasteiger partial charge in [-0.25, -0.2) is 9.78 Å². The van der Waals surface area contributed by atoms with E-state index in [-0.39, 0.29) is 18.0 Å². The minimum atomic E-state index is -0.409. The SMILES string of the molecule is CC1CCN(C(=O)NC2CCN(c3ccccn3)C2)CC1O. The van der Waals surface area contributed by atoms with E-state index in [4.69, 9.17) is 0 Å². The molecule has 2 aliphatic heterocycles. The van der Waals surface area contributed by atoms with E-state index in [9.17, 15) is 9.90 Å². The minimum absolute atomic E-state index is 0.0566. The van der Waals surface area contributed by atoms with Gasteiger partial charge < -0.3 is 20.2 Å². The molecule has 6 heteroatoms. The Kier molecular flexibility index (Phi) is 4.47. The second kappa shape index (κ2) is 6.52. The molecule has 120 valence electrons. The van der Waals surface area contributed by atoms with E-state index in [2.05, 4.69) is 15.2 Å². The van der Waals surface area contributed by atoms with Gasteiger partial charge in [-0.3, -0.25) is 0 Å². The third-order valence-corrected chi connectivity index (χ3v) is 4.69. The second-order valence-electron chi connectivity index (χ2n) is 6.35. The van der Waals surface area contributed by atoms with E-state index >= 15 is 0 Å². The first-order valence-electron chi connectivity index (χ1n) is 8.03. The van der Waals surface area contributed by atoms with Crippen LogP contribution in [0.1, 0.15) is 19.8 Å². The first kappa shape index (κ1) is 15.1. The van der Waals surface area contributed by atoms with Gasteiger partial charge in [-0.05, 0) is 30.9 Å². The summed E-state index contributed by atoms with van der Waals surface area (Å²) in [5.74, 6) is 1.23. The van der Waals surface area contributed by atoms with Gasteiger partial charge in [0.1, 0.15) is 5.82 Å². The maximum Gasteiger partial charge on any atom is 0.317 e. The molecule has 1 aromatic heterocycles. The molecule has 2 aliphatic rings. The predicted molar refractivity (Wildman–Crippen MR) is 84.7 cm³/mol. The number of piperidine rings is 1. The average molecular weight is 304 g/mol. The van der Waals surface area contributed by atoms with E-state index in [0.717, 1.165) is 38.3 Å². The molecule has 22 heavy (non-hydrogen) atoms. The summed E-state index contributed by atoms with van der Waals surface area (Å²) in [5, 5.41) is 13.0. The number of carbonyl (C=O) groups is 1. The summed E-state index contributed by atoms with van der Waals surface area (Å²) < 4.78 is 0. The Morgan fingerprint density at radius 2 is 2.18 bits per heavy atom. The fraction of sp³-hybridized carbons (Fsp3) is 0.625. The minimum Gasteiger partial charge on any atom is -0.391 e. The van der Waals surface area contributed by atoms with Gasteiger partial charge in [-0.15, -0.1) is 0 Å². The number of rotatable bonds is 2. The molecule has 1 aromatic rings. The highest BCUT2D eigenvalue weighted by Gasteiger charge is 2.30. The number of β-amino-alcohol motifs (C(OH)–C–C–N with tert-alkyl or cyclic N) is 1. The number of nitrogens with zero attached hydrogens (tertiary/aromatic N) is 3. The van der Waals surface area contributed by atoms with Gasteiger partial charge >= 0.3 is 6.03 Å². The molecule has 0 aliphatic carbocycles. The quantitative estimate of drug-likeness (QED) is 0.858. The van der Waals surface area contributed by atoms with Gasteiger partial charge in [0.05, 0.1) is 6.10 Å². The zero-order chi connectivity index (χ0) is 15.5. The van der Waals surface area contributed by atoms with E-state index in [1.54, 1.807) is 11.1 Å². The summed E-state index contributed by atoms with van der Waals surface area (Å²) in [5.41, 5.74) is 0. The van der Waals surface area contributed by atoms with Crippen LogP contribution in [0.15, 0.2) is 24.4 Å². The van der Waals surface area contributed by atoms with Crippen LogP contribution in [0.3, 0.4) is 0 Å². The molecule has 3 atom stereocenters. The predicted octanol–water partition coefficient (Wildman–Crippen LogP) is 1.07. The number of aliphatic hydroxyl groups is 1. The standard InChI is InChI=1S/C16H24N4O2/c1-12-5-8-20(11-14(12)21)16(22)18-13-6-9-19(10-13)15-4-2-3-7-17-15/h2-4,7,12-14,21H,5-6,8-11H2,1H3,(H,18,22). The number of likely N-dealkylation sites (tertiary alicyclic amines) is 1. The molecule has 0 aromatic carbocycles. The third kappa shape index (κ3) is 3.32. The van der Waals surface area contributed by atoms with Crippen molar-refractivity contribution in [1.82, 2.24) is 15.2 Å². The molecular formula is C16H24N4O2. The summed E-state index contributed by atoms with van der Waals surface area (Å²) in [7, 11) is 0. The highest BCUT2D eigenvalue weighted by molar-refractivity contribution is 5.75. The molecule has 3 heterocycles. The number of aliphatic hydroxyl groups excluding tert-OH is 1. The van der Waals surface area contributed by atoms with Crippen LogP contribution in [0.2, 0.25) is 0 Å². The van der Waals surface area contributed by atoms with Crippen molar-refractivity contribution in [2.24, 2.45) is 5.92 Å². The van der Waals surface area contributed by atoms with E-state index < -0.39 is 6.10 Å². The van der Waals surface area contributed by atoms with Crippen LogP contribution in [-0.2, 0) is 0 Å². The van der Waals surface area contributed by atoms with Gasteiger partial charge in [0.2, 0.25) is 0 Å². The van der Waals surface area contributed by atoms with Crippen molar-refractivity contribution in [3.05, 3.63) is 24.4 Å². The lowest BCUT2D eigenvalue weighted by Gasteiger charge is -2.34. The molecule has 2 amide bonds. The summed E-state index contributed by atoms with van der Waals surface area (Å²) >= 11 is 0. The fourth-order valence-electron chi connectivity index (χ4n) is 3.13. The number of carbonyl (C=O) groups excluding carboxylic acids is 1. The van der Waals surface area contributed by atoms with Crippen molar-refractivity contribution in [2.75, 3.05) is 31.1 Å². The molecule has 0 saturated carbocycles. The van der Waals surface area contributed by atoms with E-state index in [1.807, 2.05) is 25.1 Å². The Labute approximate surface area is 131 Å². The molecule has 2 saturated heterocycles. The Balaban J connectivity index is 1.51. The Hall–Kier alpha value is -1.82. The van der Waals surface area contributed by atoms with Crippen LogP contribution in [-0.4, -0.2) is 59.3 Å². The summed E-state index contributed by atoms with van der Waals surface area (Å²) in [4.78, 5) is 20.6. The van der Waals surface area contributed by atoms with Gasteiger partial charge in [0.25, 0.3) is 0 Å². The zero-order valence-corrected chi connectivity index (χ0v) is 13.0. The van der Waals surface area contributed by atoms with Crippen molar-refractivity contribution < 1.29 is 9.90 Å². The number of pyridine rings is 1. The molecule has 3 rings (SSSR count). The largest absolute Gasteiger partial charge is 0.391 e. The maximum atomic E-state index is 12.3. The highest BCUT2D eigenvalue weighted by atomic mass is 16.3. The molecule has 2 fully saturated rings. The van der Waals surface area contributed by atoms with E-state index in [1.165, 1.54) is 0 Å². The zero-order valence-electron chi connectivity index (χ0n) is 13.0. The molecule has 3 unspecified atom stereocenters. The normalized spacial score (nSPS) is 28.7. The van der Waals surface area contributed by atoms with E-state index in [0.29, 0.717) is 6.54 Å². The summed E-state index contributed by atoms with van der Waals surface area (Å²) in [6.45, 7) is 4.88. The summed E-state index contributed by atoms with van der Waals surface area (Å²) in [6.07, 6.45) is 3.17. The molecule has 0 spiro atoms. The van der Waals surface area contributed by atoms with Crippen LogP contribution in [0.25, 0.3) is 0 Å². The lowest BCUT2D eigenvalue weighted by molar-refractivity contribution is 0.0431. The van der Waals surface area contributed by atoms with Crippen LogP contribution in [0.5, 0.6) is 0 Å². The first-order chi connectivity index (χ1) is 10.6. The second-order valence-corrected chi connectivity index (χ2v) is 6.35. The Morgan fingerprint density at radius 1 is 1.32 bits per heavy atom. The third-order valence-electron chi connectivity index (χ3n) is 4.69. The number of hydrogen-bond acceptors (Lipinski definition) is 4. The van der Waals surface area contributed by atoms with Crippen LogP contribution >= 0.6 is 0 Å². The summed E-state index contributed by atoms with van der Waals surface area (Å²) in [6, 6.07) is 5.96. The van der Waals surface area contributed by atoms with Crippen LogP contribution in [0.4, 0.5) is 10.6 Å². The highest BCUT2D eigenvalue weighted by Crippen LogP contribution is 2.19. The van der Waals surface area contributed by atoms with Crippen molar-refractivity contribution in [2.45, 2.75) is 31.9 Å². The molecule has 2 N–H and O–H groups in total. The topological polar surface area (TPSA) is 68.7 Å². The number of aromatic nitrogens is 1. The molecule has 0 radical (unpaired) electrons. The number of hydrogen-bond donors (Lipinski definition) is 2. The monoisotopic (exact) mass is 304 g/mol. The van der Waals surface area contributed by atoms with Crippen LogP contribution < -0.4 is 10.2 Å². The average Bonchev–Trinajstić information content (AvgIpc) is 2.99. The number of urea groups is 1. The maximum absolute atomic E-state index is 12.3. The molecule has 6 nitrogen and oxygen atoms in total. The van der Waals surface area contributed by atoms with Gasteiger partial charge in [-0.2, -0.15) is 0 Å². The smallest absolute Gasteiger partial charge is 0.317 e. The molecule has 0 bridgehead atoms. The van der Waals surface area contributed by atoms with Crippen molar-refractivity contribution >= 4 is 11.8 Å². The fourth-order valence-corrected chi connectivity index (χ4v) is 3.13. The van der Waals surface area contributed by atoms with Crippen molar-refractivity contribution in [3.63, 3.8) is 0 Å². The first-order valence-corrected chi connectivity index (χ1v) is 8.03. The number of anilines is 1. The lowest BCUT2D eigenvalue weighted by atomic mass is 9.96. The van der Waals surface area contributed by atoms with Crippen LogP contribution in [0, 0.1) is 5.92 Å². The Morgan fingerprint density at radius 3 is 2.91 bits per heavy atom.